The van der Waals surface area contributed by atoms with Gasteiger partial charge in [0.1, 0.15) is 12.4 Å². The van der Waals surface area contributed by atoms with Crippen molar-refractivity contribution in [3.8, 4) is 5.75 Å². The highest BCUT2D eigenvalue weighted by Crippen LogP contribution is 2.33. The van der Waals surface area contributed by atoms with E-state index in [-0.39, 0.29) is 16.1 Å². The first-order valence-electron chi connectivity index (χ1n) is 9.93. The summed E-state index contributed by atoms with van der Waals surface area (Å²) in [5.41, 5.74) is 5.74. The van der Waals surface area contributed by atoms with Gasteiger partial charge >= 0.3 is 0 Å². The molecule has 0 radical (unpaired) electrons. The lowest BCUT2D eigenvalue weighted by Crippen LogP contribution is -2.45. The van der Waals surface area contributed by atoms with Crippen molar-refractivity contribution in [2.45, 2.75) is 13.5 Å². The summed E-state index contributed by atoms with van der Waals surface area (Å²) in [4.78, 5) is 26.0. The van der Waals surface area contributed by atoms with Crippen LogP contribution in [-0.2, 0) is 11.4 Å². The fourth-order valence-electron chi connectivity index (χ4n) is 3.16. The average molecular weight is 461 g/mol. The molecule has 1 saturated heterocycles. The zero-order chi connectivity index (χ0) is 22.5. The van der Waals surface area contributed by atoms with Crippen molar-refractivity contribution in [3.63, 3.8) is 0 Å². The Kier molecular flexibility index (Phi) is 6.68. The summed E-state index contributed by atoms with van der Waals surface area (Å²) in [5, 5.41) is 1.12. The van der Waals surface area contributed by atoms with Crippen molar-refractivity contribution in [1.82, 2.24) is 10.4 Å². The van der Waals surface area contributed by atoms with E-state index in [0.29, 0.717) is 22.8 Å². The van der Waals surface area contributed by atoms with E-state index in [1.165, 1.54) is 0 Å². The molecule has 5 nitrogen and oxygen atoms in total. The minimum Gasteiger partial charge on any atom is -0.488 e. The first-order chi connectivity index (χ1) is 15.5. The number of thiocarbonyl (C=S) groups is 1. The molecule has 3 aromatic carbocycles. The van der Waals surface area contributed by atoms with E-state index in [2.05, 4.69) is 5.43 Å². The van der Waals surface area contributed by atoms with Gasteiger partial charge in [-0.1, -0.05) is 78.5 Å². The molecule has 0 aromatic heterocycles. The number of amides is 2. The van der Waals surface area contributed by atoms with Gasteiger partial charge in [-0.15, -0.1) is 0 Å². The van der Waals surface area contributed by atoms with Gasteiger partial charge in [0.2, 0.25) is 0 Å². The summed E-state index contributed by atoms with van der Waals surface area (Å²) < 4.78 is 6.25. The smallest absolute Gasteiger partial charge is 0.285 e. The number of ether oxygens (including phenoxy) is 1. The van der Waals surface area contributed by atoms with E-state index < -0.39 is 0 Å². The van der Waals surface area contributed by atoms with Crippen LogP contribution in [0.4, 0.5) is 0 Å². The Labute approximate surface area is 196 Å². The van der Waals surface area contributed by atoms with Gasteiger partial charge in [0.05, 0.1) is 4.91 Å². The molecule has 0 unspecified atom stereocenters. The highest BCUT2D eigenvalue weighted by molar-refractivity contribution is 8.26. The van der Waals surface area contributed by atoms with Crippen LogP contribution in [0.5, 0.6) is 5.75 Å². The first kappa shape index (κ1) is 21.8. The van der Waals surface area contributed by atoms with E-state index in [1.807, 2.05) is 73.7 Å². The van der Waals surface area contributed by atoms with Gasteiger partial charge < -0.3 is 4.74 Å². The molecule has 1 fully saturated rings. The number of nitrogens with zero attached hydrogens (tertiary/aromatic N) is 1. The lowest BCUT2D eigenvalue weighted by Gasteiger charge is -2.16. The molecule has 1 heterocycles. The average Bonchev–Trinajstić information content (AvgIpc) is 3.06. The number of benzene rings is 3. The highest BCUT2D eigenvalue weighted by atomic mass is 32.2. The number of hydrazine groups is 1. The number of nitrogens with one attached hydrogen (secondary N) is 1. The summed E-state index contributed by atoms with van der Waals surface area (Å²) in [6.45, 7) is 2.25. The number of carbonyl (C=O) groups is 2. The Morgan fingerprint density at radius 1 is 1.03 bits per heavy atom. The molecule has 160 valence electrons. The predicted molar refractivity (Wildman–Crippen MR) is 131 cm³/mol. The Morgan fingerprint density at radius 2 is 1.72 bits per heavy atom. The molecule has 0 saturated carbocycles. The largest absolute Gasteiger partial charge is 0.488 e. The van der Waals surface area contributed by atoms with Crippen molar-refractivity contribution in [2.24, 2.45) is 0 Å². The van der Waals surface area contributed by atoms with Crippen molar-refractivity contribution in [3.05, 3.63) is 106 Å². The van der Waals surface area contributed by atoms with E-state index in [9.17, 15) is 9.59 Å². The maximum absolute atomic E-state index is 13.0. The van der Waals surface area contributed by atoms with Crippen LogP contribution in [0, 0.1) is 6.92 Å². The summed E-state index contributed by atoms with van der Waals surface area (Å²) in [6, 6.07) is 24.5. The molecule has 4 rings (SSSR count). The van der Waals surface area contributed by atoms with Gasteiger partial charge in [-0.25, -0.2) is 0 Å². The van der Waals surface area contributed by atoms with Gasteiger partial charge in [0, 0.05) is 11.1 Å². The van der Waals surface area contributed by atoms with Crippen LogP contribution in [0.1, 0.15) is 27.0 Å². The maximum Gasteiger partial charge on any atom is 0.285 e. The molecule has 32 heavy (non-hydrogen) atoms. The van der Waals surface area contributed by atoms with Crippen molar-refractivity contribution in [2.75, 3.05) is 0 Å². The molecule has 0 atom stereocenters. The predicted octanol–water partition coefficient (Wildman–Crippen LogP) is 5.12. The number of hydrogen-bond acceptors (Lipinski definition) is 5. The Bertz CT molecular complexity index is 1210. The third-order valence-electron chi connectivity index (χ3n) is 4.84. The van der Waals surface area contributed by atoms with Gasteiger partial charge in [0.25, 0.3) is 11.8 Å². The number of aryl methyl sites for hydroxylation is 1. The van der Waals surface area contributed by atoms with Crippen LogP contribution < -0.4 is 10.2 Å². The number of rotatable bonds is 6. The van der Waals surface area contributed by atoms with Crippen LogP contribution in [0.15, 0.2) is 83.8 Å². The van der Waals surface area contributed by atoms with Crippen molar-refractivity contribution >= 4 is 46.2 Å². The summed E-state index contributed by atoms with van der Waals surface area (Å²) in [7, 11) is 0. The second kappa shape index (κ2) is 9.80. The van der Waals surface area contributed by atoms with Crippen LogP contribution in [-0.4, -0.2) is 21.1 Å². The third-order valence-corrected chi connectivity index (χ3v) is 6.14. The first-order valence-corrected chi connectivity index (χ1v) is 11.2. The highest BCUT2D eigenvalue weighted by Gasteiger charge is 2.34. The molecule has 1 aliphatic rings. The van der Waals surface area contributed by atoms with Crippen LogP contribution >= 0.6 is 24.0 Å². The van der Waals surface area contributed by atoms with Gasteiger partial charge in [-0.2, -0.15) is 5.01 Å². The Hall–Kier alpha value is -3.42. The second-order valence-electron chi connectivity index (χ2n) is 7.09. The zero-order valence-electron chi connectivity index (χ0n) is 17.3. The fourth-order valence-corrected chi connectivity index (χ4v) is 4.33. The van der Waals surface area contributed by atoms with E-state index in [4.69, 9.17) is 17.0 Å². The molecule has 2 amide bonds. The monoisotopic (exact) mass is 460 g/mol. The van der Waals surface area contributed by atoms with Crippen molar-refractivity contribution in [1.29, 1.82) is 0 Å². The third kappa shape index (κ3) is 4.90. The van der Waals surface area contributed by atoms with E-state index >= 15 is 0 Å². The molecule has 0 spiro atoms. The van der Waals surface area contributed by atoms with Crippen LogP contribution in [0.2, 0.25) is 0 Å². The van der Waals surface area contributed by atoms with Gasteiger partial charge in [-0.3, -0.25) is 15.0 Å². The Balaban J connectivity index is 1.51. The quantitative estimate of drug-likeness (QED) is 0.409. The minimum absolute atomic E-state index is 0.269. The maximum atomic E-state index is 13.0. The number of thioether (sulfide) groups is 1. The number of para-hydroxylation sites is 1. The Morgan fingerprint density at radius 3 is 2.50 bits per heavy atom. The van der Waals surface area contributed by atoms with E-state index in [1.54, 1.807) is 18.2 Å². The van der Waals surface area contributed by atoms with Crippen LogP contribution in [0.3, 0.4) is 0 Å². The molecule has 1 aliphatic heterocycles. The lowest BCUT2D eigenvalue weighted by atomic mass is 10.1. The topological polar surface area (TPSA) is 58.6 Å². The molecule has 0 bridgehead atoms. The lowest BCUT2D eigenvalue weighted by molar-refractivity contribution is -0.123. The second-order valence-corrected chi connectivity index (χ2v) is 8.76. The van der Waals surface area contributed by atoms with Gasteiger partial charge in [0.15, 0.2) is 4.32 Å². The molecular weight excluding hydrogens is 440 g/mol. The SMILES string of the molecule is Cc1ccccc1C(=O)NN1C(=O)/C(=C/c2ccccc2OCc2ccccc2)SC1=S. The standard InChI is InChI=1S/C25H20N2O3S2/c1-17-9-5-7-13-20(17)23(28)26-27-24(29)22(32-25(27)31)15-19-12-6-8-14-21(19)30-16-18-10-3-2-4-11-18/h2-15H,16H2,1H3,(H,26,28)/b22-15-. The summed E-state index contributed by atoms with van der Waals surface area (Å²) in [5.74, 6) is -0.0994. The summed E-state index contributed by atoms with van der Waals surface area (Å²) >= 11 is 6.48. The minimum atomic E-state index is -0.382. The van der Waals surface area contributed by atoms with Crippen molar-refractivity contribution < 1.29 is 14.3 Å². The fraction of sp³-hybridized carbons (Fsp3) is 0.0800. The van der Waals surface area contributed by atoms with Gasteiger partial charge in [-0.05, 0) is 48.5 Å². The molecule has 1 N–H and O–H groups in total. The molecule has 0 aliphatic carbocycles. The van der Waals surface area contributed by atoms with Crippen LogP contribution in [0.25, 0.3) is 6.08 Å². The van der Waals surface area contributed by atoms with E-state index in [0.717, 1.165) is 33.5 Å². The molecule has 3 aromatic rings. The molecular formula is C25H20N2O3S2. The normalized spacial score (nSPS) is 14.7. The number of carbonyl (C=O) groups excluding carboxylic acids is 2. The molecule has 7 heteroatoms. The summed E-state index contributed by atoms with van der Waals surface area (Å²) in [6.07, 6.45) is 1.74. The zero-order valence-corrected chi connectivity index (χ0v) is 18.9. The number of hydrogen-bond donors (Lipinski definition) is 1.